The van der Waals surface area contributed by atoms with E-state index < -0.39 is 0 Å². The fraction of sp³-hybridized carbons (Fsp3) is 0.250. The molecule has 2 heterocycles. The van der Waals surface area contributed by atoms with Crippen molar-refractivity contribution in [2.24, 2.45) is 0 Å². The highest BCUT2D eigenvalue weighted by Gasteiger charge is 2.25. The Labute approximate surface area is 98.4 Å². The molecule has 1 aliphatic heterocycles. The van der Waals surface area contributed by atoms with E-state index in [2.05, 4.69) is 16.0 Å². The van der Waals surface area contributed by atoms with Crippen molar-refractivity contribution in [2.45, 2.75) is 12.3 Å². The van der Waals surface area contributed by atoms with Gasteiger partial charge < -0.3 is 9.72 Å². The Hall–Kier alpha value is -1.48. The minimum absolute atomic E-state index is 0.286. The Bertz CT molecular complexity index is 496. The number of benzene rings is 1. The number of rotatable bonds is 1. The first-order valence-corrected chi connectivity index (χ1v) is 5.64. The predicted octanol–water partition coefficient (Wildman–Crippen LogP) is 2.98. The Morgan fingerprint density at radius 2 is 2.38 bits per heavy atom. The van der Waals surface area contributed by atoms with Gasteiger partial charge in [0.2, 0.25) is 0 Å². The zero-order valence-electron chi connectivity index (χ0n) is 8.61. The van der Waals surface area contributed by atoms with E-state index >= 15 is 0 Å². The van der Waals surface area contributed by atoms with Crippen LogP contribution in [0, 0.1) is 0 Å². The molecule has 0 aliphatic carbocycles. The van der Waals surface area contributed by atoms with E-state index in [1.165, 1.54) is 0 Å². The van der Waals surface area contributed by atoms with Crippen molar-refractivity contribution in [3.8, 4) is 5.75 Å². The lowest BCUT2D eigenvalue weighted by atomic mass is 9.91. The average molecular weight is 235 g/mol. The summed E-state index contributed by atoms with van der Waals surface area (Å²) < 4.78 is 5.61. The molecular weight excluding hydrogens is 224 g/mol. The van der Waals surface area contributed by atoms with Gasteiger partial charge in [0, 0.05) is 17.7 Å². The lowest BCUT2D eigenvalue weighted by molar-refractivity contribution is 0.276. The highest BCUT2D eigenvalue weighted by Crippen LogP contribution is 2.40. The number of nitrogens with one attached hydrogen (secondary N) is 1. The number of hydrogen-bond acceptors (Lipinski definition) is 2. The van der Waals surface area contributed by atoms with Crippen molar-refractivity contribution in [3.63, 3.8) is 0 Å². The summed E-state index contributed by atoms with van der Waals surface area (Å²) >= 11 is 6.12. The van der Waals surface area contributed by atoms with Crippen LogP contribution in [0.2, 0.25) is 5.02 Å². The SMILES string of the molecule is Clc1cccc2c1OCCC2c1c[nH]cn1. The Morgan fingerprint density at radius 3 is 3.19 bits per heavy atom. The fourth-order valence-electron chi connectivity index (χ4n) is 2.16. The standard InChI is InChI=1S/C12H11ClN2O/c13-10-3-1-2-9-8(4-5-16-12(9)10)11-6-14-7-15-11/h1-3,6-8H,4-5H2,(H,14,15). The van der Waals surface area contributed by atoms with Crippen LogP contribution in [0.5, 0.6) is 5.75 Å². The van der Waals surface area contributed by atoms with Gasteiger partial charge in [-0.05, 0) is 12.5 Å². The van der Waals surface area contributed by atoms with Gasteiger partial charge in [-0.15, -0.1) is 0 Å². The molecule has 1 N–H and O–H groups in total. The van der Waals surface area contributed by atoms with Crippen molar-refractivity contribution in [1.82, 2.24) is 9.97 Å². The molecule has 1 unspecified atom stereocenters. The number of ether oxygens (including phenoxy) is 1. The van der Waals surface area contributed by atoms with Crippen LogP contribution < -0.4 is 4.74 Å². The van der Waals surface area contributed by atoms with Gasteiger partial charge in [-0.1, -0.05) is 23.7 Å². The van der Waals surface area contributed by atoms with Gasteiger partial charge in [-0.3, -0.25) is 0 Å². The largest absolute Gasteiger partial charge is 0.492 e. The van der Waals surface area contributed by atoms with Crippen LogP contribution in [0.25, 0.3) is 0 Å². The predicted molar refractivity (Wildman–Crippen MR) is 62.0 cm³/mol. The monoisotopic (exact) mass is 234 g/mol. The highest BCUT2D eigenvalue weighted by atomic mass is 35.5. The number of aromatic nitrogens is 2. The first-order valence-electron chi connectivity index (χ1n) is 5.26. The van der Waals surface area contributed by atoms with Crippen LogP contribution in [-0.4, -0.2) is 16.6 Å². The van der Waals surface area contributed by atoms with E-state index in [1.54, 1.807) is 6.33 Å². The number of imidazole rings is 1. The number of para-hydroxylation sites is 1. The van der Waals surface area contributed by atoms with Crippen molar-refractivity contribution in [1.29, 1.82) is 0 Å². The molecule has 1 aromatic carbocycles. The summed E-state index contributed by atoms with van der Waals surface area (Å²) in [6, 6.07) is 5.86. The first-order chi connectivity index (χ1) is 7.86. The molecule has 3 rings (SSSR count). The van der Waals surface area contributed by atoms with Crippen LogP contribution in [0.4, 0.5) is 0 Å². The molecule has 0 radical (unpaired) electrons. The normalized spacial score (nSPS) is 18.9. The molecular formula is C12H11ClN2O. The maximum Gasteiger partial charge on any atom is 0.141 e. The molecule has 3 nitrogen and oxygen atoms in total. The molecule has 0 fully saturated rings. The molecule has 1 aliphatic rings. The number of hydrogen-bond donors (Lipinski definition) is 1. The van der Waals surface area contributed by atoms with Gasteiger partial charge in [0.1, 0.15) is 5.75 Å². The second-order valence-corrected chi connectivity index (χ2v) is 4.25. The third kappa shape index (κ3) is 1.48. The molecule has 0 amide bonds. The van der Waals surface area contributed by atoms with Crippen molar-refractivity contribution in [3.05, 3.63) is 47.0 Å². The number of aromatic amines is 1. The van der Waals surface area contributed by atoms with E-state index in [0.29, 0.717) is 11.6 Å². The third-order valence-electron chi connectivity index (χ3n) is 2.90. The summed E-state index contributed by atoms with van der Waals surface area (Å²) in [5.41, 5.74) is 2.18. The summed E-state index contributed by atoms with van der Waals surface area (Å²) in [5, 5.41) is 0.678. The second kappa shape index (κ2) is 3.83. The number of nitrogens with zero attached hydrogens (tertiary/aromatic N) is 1. The van der Waals surface area contributed by atoms with E-state index in [0.717, 1.165) is 23.4 Å². The zero-order chi connectivity index (χ0) is 11.0. The summed E-state index contributed by atoms with van der Waals surface area (Å²) in [6.45, 7) is 0.689. The lowest BCUT2D eigenvalue weighted by Crippen LogP contribution is -2.15. The maximum absolute atomic E-state index is 6.12. The molecule has 1 aromatic heterocycles. The van der Waals surface area contributed by atoms with Gasteiger partial charge in [0.25, 0.3) is 0 Å². The van der Waals surface area contributed by atoms with Crippen molar-refractivity contribution < 1.29 is 4.74 Å². The van der Waals surface area contributed by atoms with Gasteiger partial charge in [-0.2, -0.15) is 0 Å². The lowest BCUT2D eigenvalue weighted by Gasteiger charge is -2.25. The van der Waals surface area contributed by atoms with Crippen LogP contribution in [0.1, 0.15) is 23.6 Å². The molecule has 16 heavy (non-hydrogen) atoms. The Morgan fingerprint density at radius 1 is 1.44 bits per heavy atom. The highest BCUT2D eigenvalue weighted by molar-refractivity contribution is 6.32. The van der Waals surface area contributed by atoms with Gasteiger partial charge in [0.05, 0.1) is 23.7 Å². The summed E-state index contributed by atoms with van der Waals surface area (Å²) in [4.78, 5) is 7.30. The summed E-state index contributed by atoms with van der Waals surface area (Å²) in [6.07, 6.45) is 4.58. The molecule has 0 spiro atoms. The zero-order valence-corrected chi connectivity index (χ0v) is 9.37. The van der Waals surface area contributed by atoms with Crippen LogP contribution in [-0.2, 0) is 0 Å². The first kappa shape index (κ1) is 9.73. The second-order valence-electron chi connectivity index (χ2n) is 3.84. The number of halogens is 1. The van der Waals surface area contributed by atoms with Crippen LogP contribution in [0.3, 0.4) is 0 Å². The molecule has 0 saturated carbocycles. The molecule has 4 heteroatoms. The van der Waals surface area contributed by atoms with Gasteiger partial charge >= 0.3 is 0 Å². The topological polar surface area (TPSA) is 37.9 Å². The average Bonchev–Trinajstić information content (AvgIpc) is 2.82. The maximum atomic E-state index is 6.12. The third-order valence-corrected chi connectivity index (χ3v) is 3.20. The molecule has 0 saturated heterocycles. The van der Waals surface area contributed by atoms with Crippen LogP contribution >= 0.6 is 11.6 Å². The molecule has 0 bridgehead atoms. The quantitative estimate of drug-likeness (QED) is 0.824. The van der Waals surface area contributed by atoms with Gasteiger partial charge in [-0.25, -0.2) is 4.98 Å². The Balaban J connectivity index is 2.10. The number of H-pyrrole nitrogens is 1. The Kier molecular flexibility index (Phi) is 2.33. The van der Waals surface area contributed by atoms with Crippen molar-refractivity contribution >= 4 is 11.6 Å². The minimum atomic E-state index is 0.286. The molecule has 2 aromatic rings. The minimum Gasteiger partial charge on any atom is -0.492 e. The summed E-state index contributed by atoms with van der Waals surface area (Å²) in [7, 11) is 0. The van der Waals surface area contributed by atoms with Gasteiger partial charge in [0.15, 0.2) is 0 Å². The van der Waals surface area contributed by atoms with Crippen LogP contribution in [0.15, 0.2) is 30.7 Å². The fourth-order valence-corrected chi connectivity index (χ4v) is 2.39. The van der Waals surface area contributed by atoms with Crippen molar-refractivity contribution in [2.75, 3.05) is 6.61 Å². The van der Waals surface area contributed by atoms with E-state index in [4.69, 9.17) is 16.3 Å². The van der Waals surface area contributed by atoms with E-state index in [9.17, 15) is 0 Å². The molecule has 82 valence electrons. The van der Waals surface area contributed by atoms with E-state index in [-0.39, 0.29) is 5.92 Å². The van der Waals surface area contributed by atoms with E-state index in [1.807, 2.05) is 18.3 Å². The number of fused-ring (bicyclic) bond motifs is 1. The summed E-state index contributed by atoms with van der Waals surface area (Å²) in [5.74, 6) is 1.09. The smallest absolute Gasteiger partial charge is 0.141 e. The molecule has 1 atom stereocenters.